The summed E-state index contributed by atoms with van der Waals surface area (Å²) >= 11 is 1.43. The van der Waals surface area contributed by atoms with E-state index >= 15 is 0 Å². The van der Waals surface area contributed by atoms with Crippen LogP contribution in [-0.2, 0) is 4.79 Å². The van der Waals surface area contributed by atoms with Crippen molar-refractivity contribution < 1.29 is 4.79 Å². The molecule has 2 aromatic heterocycles. The fourth-order valence-electron chi connectivity index (χ4n) is 2.72. The maximum Gasteiger partial charge on any atom is 0.271 e. The average molecular weight is 291 g/mol. The van der Waals surface area contributed by atoms with Gasteiger partial charge in [-0.15, -0.1) is 11.3 Å². The van der Waals surface area contributed by atoms with Crippen LogP contribution in [0.25, 0.3) is 10.2 Å². The number of amides is 1. The first kappa shape index (κ1) is 13.3. The molecule has 0 aromatic carbocycles. The zero-order valence-electron chi connectivity index (χ0n) is 11.6. The zero-order chi connectivity index (χ0) is 14.3. The topological polar surface area (TPSA) is 55.2 Å². The van der Waals surface area contributed by atoms with Crippen molar-refractivity contribution in [2.75, 3.05) is 13.1 Å². The Morgan fingerprint density at radius 1 is 1.45 bits per heavy atom. The van der Waals surface area contributed by atoms with E-state index in [2.05, 4.69) is 11.9 Å². The molecule has 3 rings (SSSR count). The number of rotatable bonds is 3. The summed E-state index contributed by atoms with van der Waals surface area (Å²) < 4.78 is 2.32. The maximum absolute atomic E-state index is 12.5. The quantitative estimate of drug-likeness (QED) is 0.868. The SMILES string of the molecule is CCCN1C[C@H](n2cnc3c(C)csc3c2=O)CC1=O. The van der Waals surface area contributed by atoms with Crippen molar-refractivity contribution in [2.45, 2.75) is 32.7 Å². The minimum Gasteiger partial charge on any atom is -0.341 e. The molecule has 1 fully saturated rings. The van der Waals surface area contributed by atoms with Crippen molar-refractivity contribution in [1.29, 1.82) is 0 Å². The number of aromatic nitrogens is 2. The second kappa shape index (κ2) is 5.01. The van der Waals surface area contributed by atoms with E-state index in [1.807, 2.05) is 17.2 Å². The normalized spacial score (nSPS) is 19.2. The Labute approximate surface area is 120 Å². The molecule has 2 aromatic rings. The highest BCUT2D eigenvalue weighted by molar-refractivity contribution is 7.17. The van der Waals surface area contributed by atoms with Crippen LogP contribution in [0.5, 0.6) is 0 Å². The summed E-state index contributed by atoms with van der Waals surface area (Å²) in [5.41, 5.74) is 1.79. The van der Waals surface area contributed by atoms with Gasteiger partial charge in [0.05, 0.1) is 17.9 Å². The number of hydrogen-bond acceptors (Lipinski definition) is 4. The van der Waals surface area contributed by atoms with E-state index in [0.717, 1.165) is 24.0 Å². The van der Waals surface area contributed by atoms with Gasteiger partial charge >= 0.3 is 0 Å². The summed E-state index contributed by atoms with van der Waals surface area (Å²) in [6, 6.07) is -0.0825. The minimum absolute atomic E-state index is 0.0238. The number of fused-ring (bicyclic) bond motifs is 1. The zero-order valence-corrected chi connectivity index (χ0v) is 12.4. The van der Waals surface area contributed by atoms with Gasteiger partial charge in [-0.05, 0) is 24.3 Å². The molecule has 0 saturated carbocycles. The van der Waals surface area contributed by atoms with Crippen molar-refractivity contribution in [3.8, 4) is 0 Å². The number of carbonyl (C=O) groups is 1. The summed E-state index contributed by atoms with van der Waals surface area (Å²) in [6.07, 6.45) is 2.93. The molecule has 0 N–H and O–H groups in total. The van der Waals surface area contributed by atoms with E-state index in [1.165, 1.54) is 11.3 Å². The molecule has 0 bridgehead atoms. The van der Waals surface area contributed by atoms with Crippen LogP contribution in [0.1, 0.15) is 31.4 Å². The van der Waals surface area contributed by atoms with Gasteiger partial charge in [0.25, 0.3) is 5.56 Å². The lowest BCUT2D eigenvalue weighted by atomic mass is 10.2. The summed E-state index contributed by atoms with van der Waals surface area (Å²) in [6.45, 7) is 5.38. The Balaban J connectivity index is 1.97. The van der Waals surface area contributed by atoms with E-state index in [1.54, 1.807) is 10.9 Å². The lowest BCUT2D eigenvalue weighted by molar-refractivity contribution is -0.127. The molecule has 20 heavy (non-hydrogen) atoms. The third-order valence-corrected chi connectivity index (χ3v) is 4.84. The standard InChI is InChI=1S/C14H17N3O2S/c1-3-4-16-6-10(5-11(16)18)17-8-15-12-9(2)7-20-13(12)14(17)19/h7-8,10H,3-6H2,1-2H3/t10-/m1/s1. The smallest absolute Gasteiger partial charge is 0.271 e. The average Bonchev–Trinajstić information content (AvgIpc) is 2.96. The van der Waals surface area contributed by atoms with Crippen molar-refractivity contribution >= 4 is 27.5 Å². The van der Waals surface area contributed by atoms with Gasteiger partial charge in [-0.1, -0.05) is 6.92 Å². The third-order valence-electron chi connectivity index (χ3n) is 3.76. The molecule has 106 valence electrons. The number of hydrogen-bond donors (Lipinski definition) is 0. The van der Waals surface area contributed by atoms with Crippen molar-refractivity contribution in [2.24, 2.45) is 0 Å². The molecule has 1 atom stereocenters. The number of carbonyl (C=O) groups excluding carboxylic acids is 1. The molecule has 6 heteroatoms. The number of likely N-dealkylation sites (tertiary alicyclic amines) is 1. The minimum atomic E-state index is -0.0825. The van der Waals surface area contributed by atoms with Crippen LogP contribution in [0.3, 0.4) is 0 Å². The van der Waals surface area contributed by atoms with E-state index in [0.29, 0.717) is 17.7 Å². The Morgan fingerprint density at radius 2 is 2.25 bits per heavy atom. The fourth-order valence-corrected chi connectivity index (χ4v) is 3.66. The molecule has 0 aliphatic carbocycles. The molecule has 1 saturated heterocycles. The highest BCUT2D eigenvalue weighted by Crippen LogP contribution is 2.24. The Kier molecular flexibility index (Phi) is 3.33. The van der Waals surface area contributed by atoms with E-state index in [-0.39, 0.29) is 17.5 Å². The predicted molar refractivity (Wildman–Crippen MR) is 79.1 cm³/mol. The lowest BCUT2D eigenvalue weighted by Crippen LogP contribution is -2.29. The van der Waals surface area contributed by atoms with Gasteiger partial charge in [0, 0.05) is 19.5 Å². The van der Waals surface area contributed by atoms with Crippen LogP contribution in [0.4, 0.5) is 0 Å². The summed E-state index contributed by atoms with van der Waals surface area (Å²) in [5, 5.41) is 1.95. The van der Waals surface area contributed by atoms with Crippen LogP contribution >= 0.6 is 11.3 Å². The van der Waals surface area contributed by atoms with E-state index < -0.39 is 0 Å². The molecule has 0 unspecified atom stereocenters. The largest absolute Gasteiger partial charge is 0.341 e. The molecule has 0 spiro atoms. The Morgan fingerprint density at radius 3 is 3.00 bits per heavy atom. The molecule has 1 amide bonds. The number of thiophene rings is 1. The molecule has 3 heterocycles. The van der Waals surface area contributed by atoms with Gasteiger partial charge in [0.2, 0.25) is 5.91 Å². The molecular formula is C14H17N3O2S. The van der Waals surface area contributed by atoms with Crippen LogP contribution in [0, 0.1) is 6.92 Å². The highest BCUT2D eigenvalue weighted by atomic mass is 32.1. The molecule has 1 aliphatic heterocycles. The monoisotopic (exact) mass is 291 g/mol. The first-order valence-electron chi connectivity index (χ1n) is 6.84. The van der Waals surface area contributed by atoms with Crippen molar-refractivity contribution in [3.05, 3.63) is 27.6 Å². The van der Waals surface area contributed by atoms with Gasteiger partial charge in [0.15, 0.2) is 0 Å². The number of nitrogens with zero attached hydrogens (tertiary/aromatic N) is 3. The van der Waals surface area contributed by atoms with Gasteiger partial charge in [0.1, 0.15) is 4.70 Å². The van der Waals surface area contributed by atoms with E-state index in [9.17, 15) is 9.59 Å². The van der Waals surface area contributed by atoms with Gasteiger partial charge < -0.3 is 4.90 Å². The van der Waals surface area contributed by atoms with Crippen LogP contribution in [0.15, 0.2) is 16.5 Å². The predicted octanol–water partition coefficient (Wildman–Crippen LogP) is 1.95. The Hall–Kier alpha value is -1.69. The fraction of sp³-hybridized carbons (Fsp3) is 0.500. The second-order valence-electron chi connectivity index (χ2n) is 5.25. The van der Waals surface area contributed by atoms with Gasteiger partial charge in [-0.2, -0.15) is 0 Å². The number of aryl methyl sites for hydroxylation is 1. The summed E-state index contributed by atoms with van der Waals surface area (Å²) in [5.74, 6) is 0.131. The first-order valence-corrected chi connectivity index (χ1v) is 7.72. The Bertz CT molecular complexity index is 719. The van der Waals surface area contributed by atoms with Crippen molar-refractivity contribution in [3.63, 3.8) is 0 Å². The van der Waals surface area contributed by atoms with Crippen molar-refractivity contribution in [1.82, 2.24) is 14.5 Å². The molecule has 0 radical (unpaired) electrons. The molecular weight excluding hydrogens is 274 g/mol. The molecule has 1 aliphatic rings. The summed E-state index contributed by atoms with van der Waals surface area (Å²) in [4.78, 5) is 30.6. The maximum atomic E-state index is 12.5. The van der Waals surface area contributed by atoms with Crippen LogP contribution in [0.2, 0.25) is 0 Å². The first-order chi connectivity index (χ1) is 9.61. The summed E-state index contributed by atoms with van der Waals surface area (Å²) in [7, 11) is 0. The van der Waals surface area contributed by atoms with Gasteiger partial charge in [-0.25, -0.2) is 4.98 Å². The van der Waals surface area contributed by atoms with Crippen LogP contribution < -0.4 is 5.56 Å². The lowest BCUT2D eigenvalue weighted by Gasteiger charge is -2.16. The van der Waals surface area contributed by atoms with Gasteiger partial charge in [-0.3, -0.25) is 14.2 Å². The second-order valence-corrected chi connectivity index (χ2v) is 6.13. The third kappa shape index (κ3) is 2.04. The van der Waals surface area contributed by atoms with Crippen LogP contribution in [-0.4, -0.2) is 33.4 Å². The molecule has 5 nitrogen and oxygen atoms in total. The van der Waals surface area contributed by atoms with E-state index in [4.69, 9.17) is 0 Å². The highest BCUT2D eigenvalue weighted by Gasteiger charge is 2.31.